The molecule has 1 saturated heterocycles. The number of ether oxygens (including phenoxy) is 1. The predicted octanol–water partition coefficient (Wildman–Crippen LogP) is 3.28. The number of fused-ring (bicyclic) bond motifs is 1. The number of amides is 1. The topological polar surface area (TPSA) is 110 Å². The number of anilines is 1. The summed E-state index contributed by atoms with van der Waals surface area (Å²) < 4.78 is 5.26. The van der Waals surface area contributed by atoms with Gasteiger partial charge in [-0.3, -0.25) is 15.1 Å². The van der Waals surface area contributed by atoms with Crippen molar-refractivity contribution in [3.8, 4) is 0 Å². The molecule has 9 heteroatoms. The Morgan fingerprint density at radius 2 is 2.04 bits per heavy atom. The molecule has 0 spiro atoms. The number of piperidine rings is 1. The smallest absolute Gasteiger partial charge is 0.407 e. The minimum atomic E-state index is -0.497. The van der Waals surface area contributed by atoms with Gasteiger partial charge in [0.05, 0.1) is 22.2 Å². The van der Waals surface area contributed by atoms with Crippen molar-refractivity contribution >= 4 is 28.6 Å². The lowest BCUT2D eigenvalue weighted by atomic mass is 9.97. The summed E-state index contributed by atoms with van der Waals surface area (Å²) in [6.07, 6.45) is 3.13. The highest BCUT2D eigenvalue weighted by atomic mass is 16.6. The van der Waals surface area contributed by atoms with Crippen LogP contribution in [-0.2, 0) is 4.74 Å². The van der Waals surface area contributed by atoms with Crippen LogP contribution in [0.3, 0.4) is 0 Å². The Labute approximate surface area is 163 Å². The van der Waals surface area contributed by atoms with Gasteiger partial charge >= 0.3 is 6.09 Å². The van der Waals surface area contributed by atoms with Crippen LogP contribution in [0.5, 0.6) is 0 Å². The summed E-state index contributed by atoms with van der Waals surface area (Å²) in [6, 6.07) is 4.50. The fourth-order valence-corrected chi connectivity index (χ4v) is 3.16. The Bertz CT molecular complexity index is 872. The Kier molecular flexibility index (Phi) is 5.62. The van der Waals surface area contributed by atoms with Gasteiger partial charge in [0.15, 0.2) is 0 Å². The van der Waals surface area contributed by atoms with E-state index in [1.165, 1.54) is 12.1 Å². The van der Waals surface area contributed by atoms with Crippen molar-refractivity contribution in [3.05, 3.63) is 34.5 Å². The number of nitrogens with one attached hydrogen (secondary N) is 1. The minimum Gasteiger partial charge on any atom is -0.444 e. The van der Waals surface area contributed by atoms with Crippen molar-refractivity contribution in [2.75, 3.05) is 24.5 Å². The van der Waals surface area contributed by atoms with Crippen molar-refractivity contribution < 1.29 is 14.5 Å². The molecule has 1 aromatic heterocycles. The Morgan fingerprint density at radius 3 is 2.68 bits per heavy atom. The van der Waals surface area contributed by atoms with Crippen LogP contribution >= 0.6 is 0 Å². The molecular weight excluding hydrogens is 362 g/mol. The van der Waals surface area contributed by atoms with E-state index in [9.17, 15) is 14.9 Å². The zero-order valence-corrected chi connectivity index (χ0v) is 16.3. The van der Waals surface area contributed by atoms with E-state index in [1.807, 2.05) is 20.8 Å². The van der Waals surface area contributed by atoms with E-state index < -0.39 is 10.5 Å². The molecule has 0 saturated carbocycles. The van der Waals surface area contributed by atoms with Gasteiger partial charge in [-0.25, -0.2) is 9.78 Å². The number of benzene rings is 1. The largest absolute Gasteiger partial charge is 0.444 e. The zero-order valence-electron chi connectivity index (χ0n) is 16.3. The first-order chi connectivity index (χ1) is 13.2. The number of carbonyl (C=O) groups excluding carboxylic acids is 1. The molecule has 0 atom stereocenters. The van der Waals surface area contributed by atoms with E-state index in [-0.39, 0.29) is 11.8 Å². The number of hydrogen-bond donors (Lipinski definition) is 1. The van der Waals surface area contributed by atoms with E-state index in [2.05, 4.69) is 20.2 Å². The molecule has 1 N–H and O–H groups in total. The first-order valence-electron chi connectivity index (χ1n) is 9.34. The van der Waals surface area contributed by atoms with Gasteiger partial charge in [-0.05, 0) is 45.6 Å². The molecule has 1 aliphatic heterocycles. The number of hydrogen-bond acceptors (Lipinski definition) is 7. The Hall–Kier alpha value is -2.97. The summed E-state index contributed by atoms with van der Waals surface area (Å²) in [5, 5.41) is 13.7. The van der Waals surface area contributed by atoms with Crippen LogP contribution in [0.4, 0.5) is 16.3 Å². The molecule has 1 amide bonds. The number of non-ortho nitro benzene ring substituents is 1. The number of alkyl carbamates (subject to hydrolysis) is 1. The average Bonchev–Trinajstić information content (AvgIpc) is 2.64. The van der Waals surface area contributed by atoms with Crippen molar-refractivity contribution in [2.45, 2.75) is 39.2 Å². The molecule has 0 unspecified atom stereocenters. The van der Waals surface area contributed by atoms with Crippen LogP contribution in [0.25, 0.3) is 11.0 Å². The molecule has 28 heavy (non-hydrogen) atoms. The second kappa shape index (κ2) is 7.95. The third kappa shape index (κ3) is 5.05. The summed E-state index contributed by atoms with van der Waals surface area (Å²) >= 11 is 0. The normalized spacial score (nSPS) is 15.5. The molecule has 1 fully saturated rings. The molecule has 2 aromatic rings. The van der Waals surface area contributed by atoms with Crippen molar-refractivity contribution in [3.63, 3.8) is 0 Å². The van der Waals surface area contributed by atoms with E-state index in [1.54, 1.807) is 12.3 Å². The Morgan fingerprint density at radius 1 is 1.32 bits per heavy atom. The van der Waals surface area contributed by atoms with Gasteiger partial charge in [-0.15, -0.1) is 0 Å². The highest BCUT2D eigenvalue weighted by Gasteiger charge is 2.22. The molecule has 1 aromatic carbocycles. The average molecular weight is 387 g/mol. The number of carbonyl (C=O) groups is 1. The standard InChI is InChI=1S/C19H25N5O4/c1-19(2,3)28-18(25)21-11-13-6-8-23(9-7-13)17-12-20-16-10-14(24(26)27)4-5-15(16)22-17/h4-5,10,12-13H,6-9,11H2,1-3H3,(H,21,25). The van der Waals surface area contributed by atoms with Crippen molar-refractivity contribution in [1.29, 1.82) is 0 Å². The van der Waals surface area contributed by atoms with Crippen LogP contribution in [0.15, 0.2) is 24.4 Å². The third-order valence-corrected chi connectivity index (χ3v) is 4.60. The number of nitro groups is 1. The first kappa shape index (κ1) is 19.8. The molecule has 0 radical (unpaired) electrons. The number of nitro benzene ring substituents is 1. The number of rotatable bonds is 4. The monoisotopic (exact) mass is 387 g/mol. The van der Waals surface area contributed by atoms with Gasteiger partial charge < -0.3 is 15.0 Å². The SMILES string of the molecule is CC(C)(C)OC(=O)NCC1CCN(c2cnc3cc([N+](=O)[O-])ccc3n2)CC1. The molecule has 150 valence electrons. The Balaban J connectivity index is 1.55. The van der Waals surface area contributed by atoms with E-state index >= 15 is 0 Å². The highest BCUT2D eigenvalue weighted by molar-refractivity contribution is 5.78. The second-order valence-corrected chi connectivity index (χ2v) is 7.97. The molecular formula is C19H25N5O4. The minimum absolute atomic E-state index is 0.00727. The molecule has 9 nitrogen and oxygen atoms in total. The second-order valence-electron chi connectivity index (χ2n) is 7.97. The summed E-state index contributed by atoms with van der Waals surface area (Å²) in [6.45, 7) is 7.74. The third-order valence-electron chi connectivity index (χ3n) is 4.60. The molecule has 3 rings (SSSR count). The maximum Gasteiger partial charge on any atom is 0.407 e. The lowest BCUT2D eigenvalue weighted by Gasteiger charge is -2.32. The predicted molar refractivity (Wildman–Crippen MR) is 105 cm³/mol. The van der Waals surface area contributed by atoms with Gasteiger partial charge in [-0.2, -0.15) is 0 Å². The van der Waals surface area contributed by atoms with Crippen molar-refractivity contribution in [2.24, 2.45) is 5.92 Å². The summed E-state index contributed by atoms with van der Waals surface area (Å²) in [4.78, 5) is 33.3. The van der Waals surface area contributed by atoms with Gasteiger partial charge in [0.25, 0.3) is 5.69 Å². The maximum absolute atomic E-state index is 11.8. The van der Waals surface area contributed by atoms with Crippen LogP contribution in [0, 0.1) is 16.0 Å². The number of aromatic nitrogens is 2. The van der Waals surface area contributed by atoms with E-state index in [0.717, 1.165) is 31.7 Å². The summed E-state index contributed by atoms with van der Waals surface area (Å²) in [7, 11) is 0. The van der Waals surface area contributed by atoms with Crippen LogP contribution < -0.4 is 10.2 Å². The summed E-state index contributed by atoms with van der Waals surface area (Å²) in [5.41, 5.74) is 0.655. The molecule has 2 heterocycles. The van der Waals surface area contributed by atoms with E-state index in [0.29, 0.717) is 23.5 Å². The van der Waals surface area contributed by atoms with Crippen LogP contribution in [0.1, 0.15) is 33.6 Å². The lowest BCUT2D eigenvalue weighted by molar-refractivity contribution is -0.384. The van der Waals surface area contributed by atoms with Gasteiger partial charge in [0.1, 0.15) is 11.4 Å². The fraction of sp³-hybridized carbons (Fsp3) is 0.526. The lowest BCUT2D eigenvalue weighted by Crippen LogP contribution is -2.40. The molecule has 0 aliphatic carbocycles. The summed E-state index contributed by atoms with van der Waals surface area (Å²) in [5.74, 6) is 1.15. The van der Waals surface area contributed by atoms with Gasteiger partial charge in [-0.1, -0.05) is 0 Å². The van der Waals surface area contributed by atoms with E-state index in [4.69, 9.17) is 4.74 Å². The van der Waals surface area contributed by atoms with Gasteiger partial charge in [0.2, 0.25) is 0 Å². The van der Waals surface area contributed by atoms with Crippen LogP contribution in [-0.4, -0.2) is 46.2 Å². The number of nitrogens with zero attached hydrogens (tertiary/aromatic N) is 4. The first-order valence-corrected chi connectivity index (χ1v) is 9.34. The molecule has 0 bridgehead atoms. The van der Waals surface area contributed by atoms with Crippen LogP contribution in [0.2, 0.25) is 0 Å². The zero-order chi connectivity index (χ0) is 20.3. The van der Waals surface area contributed by atoms with Gasteiger partial charge in [0, 0.05) is 31.8 Å². The maximum atomic E-state index is 11.8. The fourth-order valence-electron chi connectivity index (χ4n) is 3.16. The van der Waals surface area contributed by atoms with Crippen molar-refractivity contribution in [1.82, 2.24) is 15.3 Å². The molecule has 1 aliphatic rings. The quantitative estimate of drug-likeness (QED) is 0.633. The highest BCUT2D eigenvalue weighted by Crippen LogP contribution is 2.24.